The van der Waals surface area contributed by atoms with Crippen LogP contribution in [0.2, 0.25) is 0 Å². The summed E-state index contributed by atoms with van der Waals surface area (Å²) in [5.74, 6) is -0.896. The number of nitrogens with one attached hydrogen (secondary N) is 1. The van der Waals surface area contributed by atoms with Gasteiger partial charge in [-0.3, -0.25) is 9.59 Å². The van der Waals surface area contributed by atoms with Crippen LogP contribution in [0.1, 0.15) is 49.7 Å². The number of thiophene rings is 1. The average Bonchev–Trinajstić information content (AvgIpc) is 3.13. The molecule has 0 fully saturated rings. The summed E-state index contributed by atoms with van der Waals surface area (Å²) in [6.45, 7) is 7.71. The second-order valence-corrected chi connectivity index (χ2v) is 7.86. The molecule has 0 radical (unpaired) electrons. The molecule has 2 aromatic heterocycles. The number of aromatic nitrogens is 2. The molecule has 0 aliphatic heterocycles. The van der Waals surface area contributed by atoms with Crippen LogP contribution in [0.3, 0.4) is 0 Å². The van der Waals surface area contributed by atoms with Crippen LogP contribution in [-0.4, -0.2) is 28.3 Å². The summed E-state index contributed by atoms with van der Waals surface area (Å²) in [6, 6.07) is 7.28. The first-order valence-electron chi connectivity index (χ1n) is 10.0. The fourth-order valence-corrected chi connectivity index (χ4v) is 4.24. The van der Waals surface area contributed by atoms with E-state index >= 15 is 0 Å². The van der Waals surface area contributed by atoms with Crippen LogP contribution in [0.15, 0.2) is 34.4 Å². The molecular weight excluding hydrogens is 402 g/mol. The monoisotopic (exact) mass is 427 g/mol. The number of carbonyl (C=O) groups is 2. The highest BCUT2D eigenvalue weighted by molar-refractivity contribution is 7.16. The summed E-state index contributed by atoms with van der Waals surface area (Å²) >= 11 is 1.21. The highest BCUT2D eigenvalue weighted by atomic mass is 32.1. The first kappa shape index (κ1) is 21.7. The fraction of sp³-hybridized carbons (Fsp3) is 0.364. The van der Waals surface area contributed by atoms with E-state index in [-0.39, 0.29) is 29.5 Å². The molecule has 0 saturated carbocycles. The van der Waals surface area contributed by atoms with Gasteiger partial charge in [0.1, 0.15) is 5.00 Å². The Morgan fingerprint density at radius 1 is 1.23 bits per heavy atom. The number of hydrogen-bond donors (Lipinski definition) is 1. The zero-order valence-electron chi connectivity index (χ0n) is 17.5. The first-order valence-corrected chi connectivity index (χ1v) is 10.9. The second kappa shape index (κ2) is 9.21. The van der Waals surface area contributed by atoms with Crippen molar-refractivity contribution in [3.8, 4) is 5.69 Å². The van der Waals surface area contributed by atoms with Gasteiger partial charge in [0, 0.05) is 16.7 Å². The lowest BCUT2D eigenvalue weighted by atomic mass is 10.0. The van der Waals surface area contributed by atoms with Crippen molar-refractivity contribution in [2.24, 2.45) is 5.92 Å². The standard InChI is InChI=1S/C22H25N3O4S/c1-5-14(6-2)19(26)23-20-17-16(12-30-20)18(22(28)29-7-3)24-25(21(17)27)15-10-8-9-13(4)11-15/h8-12,14H,5-7H2,1-4H3,(H,23,26). The molecule has 0 aliphatic rings. The molecule has 0 unspecified atom stereocenters. The van der Waals surface area contributed by atoms with E-state index < -0.39 is 11.5 Å². The van der Waals surface area contributed by atoms with E-state index in [9.17, 15) is 14.4 Å². The van der Waals surface area contributed by atoms with Crippen LogP contribution in [0.5, 0.6) is 0 Å². The number of carbonyl (C=O) groups excluding carboxylic acids is 2. The third-order valence-corrected chi connectivity index (χ3v) is 5.86. The Kier molecular flexibility index (Phi) is 6.66. The van der Waals surface area contributed by atoms with Gasteiger partial charge in [0.15, 0.2) is 5.69 Å². The lowest BCUT2D eigenvalue weighted by Crippen LogP contribution is -2.26. The van der Waals surface area contributed by atoms with Crippen molar-refractivity contribution in [2.75, 3.05) is 11.9 Å². The molecule has 8 heteroatoms. The molecule has 158 valence electrons. The average molecular weight is 428 g/mol. The van der Waals surface area contributed by atoms with Crippen LogP contribution >= 0.6 is 11.3 Å². The number of hydrogen-bond acceptors (Lipinski definition) is 6. The molecular formula is C22H25N3O4S. The molecule has 0 atom stereocenters. The molecule has 2 heterocycles. The van der Waals surface area contributed by atoms with E-state index in [2.05, 4.69) is 10.4 Å². The number of amides is 1. The van der Waals surface area contributed by atoms with Crippen LogP contribution in [0, 0.1) is 12.8 Å². The Bertz CT molecular complexity index is 1140. The van der Waals surface area contributed by atoms with Gasteiger partial charge < -0.3 is 10.1 Å². The van der Waals surface area contributed by atoms with Crippen LogP contribution in [0.25, 0.3) is 16.5 Å². The summed E-state index contributed by atoms with van der Waals surface area (Å²) in [5.41, 5.74) is 1.14. The molecule has 0 bridgehead atoms. The zero-order valence-corrected chi connectivity index (χ0v) is 18.3. The molecule has 3 aromatic rings. The maximum absolute atomic E-state index is 13.3. The highest BCUT2D eigenvalue weighted by Gasteiger charge is 2.24. The minimum Gasteiger partial charge on any atom is -0.461 e. The van der Waals surface area contributed by atoms with Crippen molar-refractivity contribution >= 4 is 39.0 Å². The molecule has 3 rings (SSSR count). The summed E-state index contributed by atoms with van der Waals surface area (Å²) < 4.78 is 6.35. The van der Waals surface area contributed by atoms with Gasteiger partial charge in [-0.25, -0.2) is 4.79 Å². The topological polar surface area (TPSA) is 90.3 Å². The normalized spacial score (nSPS) is 11.1. The second-order valence-electron chi connectivity index (χ2n) is 6.98. The van der Waals surface area contributed by atoms with Crippen LogP contribution < -0.4 is 10.9 Å². The van der Waals surface area contributed by atoms with Gasteiger partial charge in [-0.2, -0.15) is 9.78 Å². The quantitative estimate of drug-likeness (QED) is 0.568. The summed E-state index contributed by atoms with van der Waals surface area (Å²) in [7, 11) is 0. The largest absolute Gasteiger partial charge is 0.461 e. The van der Waals surface area contributed by atoms with Crippen LogP contribution in [-0.2, 0) is 9.53 Å². The van der Waals surface area contributed by atoms with Crippen molar-refractivity contribution in [1.82, 2.24) is 9.78 Å². The van der Waals surface area contributed by atoms with Crippen molar-refractivity contribution in [1.29, 1.82) is 0 Å². The smallest absolute Gasteiger partial charge is 0.359 e. The molecule has 0 spiro atoms. The Balaban J connectivity index is 2.23. The Morgan fingerprint density at radius 3 is 2.60 bits per heavy atom. The van der Waals surface area contributed by atoms with E-state index in [0.717, 1.165) is 5.56 Å². The van der Waals surface area contributed by atoms with Gasteiger partial charge in [0.05, 0.1) is 17.7 Å². The molecule has 1 aromatic carbocycles. The van der Waals surface area contributed by atoms with E-state index in [4.69, 9.17) is 4.74 Å². The SMILES string of the molecule is CCOC(=O)c1nn(-c2cccc(C)c2)c(=O)c2c(NC(=O)C(CC)CC)scc12. The summed E-state index contributed by atoms with van der Waals surface area (Å²) in [6.07, 6.45) is 1.41. The molecule has 0 aliphatic carbocycles. The van der Waals surface area contributed by atoms with E-state index in [1.807, 2.05) is 39.0 Å². The van der Waals surface area contributed by atoms with Gasteiger partial charge in [0.2, 0.25) is 5.91 Å². The molecule has 7 nitrogen and oxygen atoms in total. The Hall–Kier alpha value is -3.00. The number of benzene rings is 1. The predicted molar refractivity (Wildman–Crippen MR) is 119 cm³/mol. The predicted octanol–water partition coefficient (Wildman–Crippen LogP) is 4.31. The van der Waals surface area contributed by atoms with Crippen LogP contribution in [0.4, 0.5) is 5.00 Å². The van der Waals surface area contributed by atoms with Gasteiger partial charge in [-0.05, 0) is 44.4 Å². The number of rotatable bonds is 7. The number of anilines is 1. The van der Waals surface area contributed by atoms with Gasteiger partial charge >= 0.3 is 5.97 Å². The number of nitrogens with zero attached hydrogens (tertiary/aromatic N) is 2. The van der Waals surface area contributed by atoms with Crippen molar-refractivity contribution < 1.29 is 14.3 Å². The van der Waals surface area contributed by atoms with Gasteiger partial charge in [0.25, 0.3) is 5.56 Å². The first-order chi connectivity index (χ1) is 14.4. The van der Waals surface area contributed by atoms with Gasteiger partial charge in [-0.1, -0.05) is 26.0 Å². The molecule has 30 heavy (non-hydrogen) atoms. The third kappa shape index (κ3) is 4.14. The Labute approximate surface area is 178 Å². The number of esters is 1. The lowest BCUT2D eigenvalue weighted by molar-refractivity contribution is -0.120. The van der Waals surface area contributed by atoms with Crippen molar-refractivity contribution in [3.05, 3.63) is 51.3 Å². The van der Waals surface area contributed by atoms with E-state index in [1.165, 1.54) is 16.0 Å². The Morgan fingerprint density at radius 2 is 1.97 bits per heavy atom. The van der Waals surface area contributed by atoms with Gasteiger partial charge in [-0.15, -0.1) is 11.3 Å². The molecule has 1 N–H and O–H groups in total. The number of ether oxygens (including phenoxy) is 1. The van der Waals surface area contributed by atoms with E-state index in [0.29, 0.717) is 28.9 Å². The number of aryl methyl sites for hydroxylation is 1. The maximum atomic E-state index is 13.3. The lowest BCUT2D eigenvalue weighted by Gasteiger charge is -2.13. The minimum absolute atomic E-state index is 0.0484. The number of fused-ring (bicyclic) bond motifs is 1. The van der Waals surface area contributed by atoms with Crippen molar-refractivity contribution in [3.63, 3.8) is 0 Å². The fourth-order valence-electron chi connectivity index (χ4n) is 3.30. The minimum atomic E-state index is -0.612. The molecule has 1 amide bonds. The summed E-state index contributed by atoms with van der Waals surface area (Å²) in [4.78, 5) is 38.5. The van der Waals surface area contributed by atoms with E-state index in [1.54, 1.807) is 18.4 Å². The zero-order chi connectivity index (χ0) is 21.8. The maximum Gasteiger partial charge on any atom is 0.359 e. The summed E-state index contributed by atoms with van der Waals surface area (Å²) in [5, 5.41) is 9.92. The highest BCUT2D eigenvalue weighted by Crippen LogP contribution is 2.31. The third-order valence-electron chi connectivity index (χ3n) is 4.96. The molecule has 0 saturated heterocycles. The van der Waals surface area contributed by atoms with Crippen molar-refractivity contribution in [2.45, 2.75) is 40.5 Å².